The zero-order chi connectivity index (χ0) is 18.5. The van der Waals surface area contributed by atoms with Crippen molar-refractivity contribution >= 4 is 17.4 Å². The van der Waals surface area contributed by atoms with E-state index in [0.29, 0.717) is 12.4 Å². The fourth-order valence-corrected chi connectivity index (χ4v) is 2.62. The normalized spacial score (nSPS) is 10.4. The Hall–Kier alpha value is -3.28. The summed E-state index contributed by atoms with van der Waals surface area (Å²) in [7, 11) is 0. The number of rotatable bonds is 5. The molecule has 3 rings (SSSR count). The van der Waals surface area contributed by atoms with Gasteiger partial charge in [0.15, 0.2) is 0 Å². The lowest BCUT2D eigenvalue weighted by Crippen LogP contribution is -2.24. The van der Waals surface area contributed by atoms with Crippen molar-refractivity contribution in [2.75, 3.05) is 5.32 Å². The van der Waals surface area contributed by atoms with Gasteiger partial charge in [-0.05, 0) is 54.8 Å². The fraction of sp³-hybridized carbons (Fsp3) is 0.150. The van der Waals surface area contributed by atoms with Crippen LogP contribution in [0.25, 0.3) is 0 Å². The summed E-state index contributed by atoms with van der Waals surface area (Å²) >= 11 is 0. The van der Waals surface area contributed by atoms with Crippen LogP contribution in [0, 0.1) is 19.7 Å². The second-order valence-electron chi connectivity index (χ2n) is 6.10. The topological polar surface area (TPSA) is 66.9 Å². The van der Waals surface area contributed by atoms with E-state index < -0.39 is 0 Å². The molecule has 1 amide bonds. The van der Waals surface area contributed by atoms with Gasteiger partial charge in [0.1, 0.15) is 23.7 Å². The molecule has 0 radical (unpaired) electrons. The summed E-state index contributed by atoms with van der Waals surface area (Å²) in [6, 6.07) is 13.7. The first-order chi connectivity index (χ1) is 12.5. The molecule has 0 aliphatic rings. The number of aryl methyl sites for hydroxylation is 2. The third-order valence-electron chi connectivity index (χ3n) is 3.76. The number of nitrogens with one attached hydrogen (secondary N) is 2. The molecule has 0 aliphatic heterocycles. The van der Waals surface area contributed by atoms with Gasteiger partial charge >= 0.3 is 0 Å². The van der Waals surface area contributed by atoms with E-state index in [9.17, 15) is 9.18 Å². The summed E-state index contributed by atoms with van der Waals surface area (Å²) in [5.74, 6) is -0.0879. The number of amides is 1. The van der Waals surface area contributed by atoms with Crippen LogP contribution in [0.5, 0.6) is 0 Å². The van der Waals surface area contributed by atoms with Gasteiger partial charge in [-0.15, -0.1) is 0 Å². The number of carbonyl (C=O) groups excluding carboxylic acids is 1. The van der Waals surface area contributed by atoms with Gasteiger partial charge in [0.2, 0.25) is 0 Å². The maximum absolute atomic E-state index is 12.9. The molecule has 0 fully saturated rings. The molecule has 1 heterocycles. The van der Waals surface area contributed by atoms with E-state index in [1.807, 2.05) is 26.0 Å². The molecule has 0 spiro atoms. The minimum Gasteiger partial charge on any atom is -0.347 e. The number of benzene rings is 2. The molecule has 0 unspecified atom stereocenters. The fourth-order valence-electron chi connectivity index (χ4n) is 2.62. The molecule has 5 nitrogen and oxygen atoms in total. The summed E-state index contributed by atoms with van der Waals surface area (Å²) in [4.78, 5) is 20.5. The molecular formula is C20H19FN4O. The minimum atomic E-state index is -0.319. The van der Waals surface area contributed by atoms with E-state index in [1.165, 1.54) is 18.5 Å². The van der Waals surface area contributed by atoms with Crippen molar-refractivity contribution in [3.63, 3.8) is 0 Å². The zero-order valence-electron chi connectivity index (χ0n) is 14.6. The summed E-state index contributed by atoms with van der Waals surface area (Å²) in [5.41, 5.74) is 4.24. The Balaban J connectivity index is 1.67. The van der Waals surface area contributed by atoms with Crippen LogP contribution in [0.2, 0.25) is 0 Å². The van der Waals surface area contributed by atoms with Crippen molar-refractivity contribution < 1.29 is 9.18 Å². The van der Waals surface area contributed by atoms with Crippen LogP contribution < -0.4 is 10.6 Å². The highest BCUT2D eigenvalue weighted by Gasteiger charge is 2.09. The molecule has 2 aromatic carbocycles. The monoisotopic (exact) mass is 350 g/mol. The minimum absolute atomic E-state index is 0.258. The van der Waals surface area contributed by atoms with Gasteiger partial charge < -0.3 is 10.6 Å². The van der Waals surface area contributed by atoms with Crippen LogP contribution in [0.3, 0.4) is 0 Å². The predicted molar refractivity (Wildman–Crippen MR) is 98.8 cm³/mol. The zero-order valence-corrected chi connectivity index (χ0v) is 14.6. The van der Waals surface area contributed by atoms with E-state index in [4.69, 9.17) is 0 Å². The van der Waals surface area contributed by atoms with E-state index in [-0.39, 0.29) is 17.4 Å². The Kier molecular flexibility index (Phi) is 5.22. The summed E-state index contributed by atoms with van der Waals surface area (Å²) in [5, 5.41) is 5.95. The maximum Gasteiger partial charge on any atom is 0.270 e. The third-order valence-corrected chi connectivity index (χ3v) is 3.76. The Morgan fingerprint density at radius 2 is 1.69 bits per heavy atom. The van der Waals surface area contributed by atoms with Crippen LogP contribution in [-0.2, 0) is 6.54 Å². The third kappa shape index (κ3) is 4.63. The van der Waals surface area contributed by atoms with Crippen molar-refractivity contribution in [1.29, 1.82) is 0 Å². The molecule has 3 aromatic rings. The smallest absolute Gasteiger partial charge is 0.270 e. The van der Waals surface area contributed by atoms with Gasteiger partial charge in [0.25, 0.3) is 5.91 Å². The van der Waals surface area contributed by atoms with Crippen LogP contribution in [0.1, 0.15) is 27.2 Å². The number of hydrogen-bond donors (Lipinski definition) is 2. The first-order valence-electron chi connectivity index (χ1n) is 8.19. The van der Waals surface area contributed by atoms with Crippen molar-refractivity contribution in [1.82, 2.24) is 15.3 Å². The van der Waals surface area contributed by atoms with Gasteiger partial charge in [-0.25, -0.2) is 14.4 Å². The Morgan fingerprint density at radius 3 is 2.38 bits per heavy atom. The lowest BCUT2D eigenvalue weighted by atomic mass is 10.1. The first kappa shape index (κ1) is 17.5. The molecule has 1 aromatic heterocycles. The molecular weight excluding hydrogens is 331 g/mol. The van der Waals surface area contributed by atoms with Gasteiger partial charge in [-0.2, -0.15) is 0 Å². The Labute approximate surface area is 151 Å². The second-order valence-corrected chi connectivity index (χ2v) is 6.10. The Morgan fingerprint density at radius 1 is 1.00 bits per heavy atom. The lowest BCUT2D eigenvalue weighted by Gasteiger charge is -2.09. The van der Waals surface area contributed by atoms with Crippen molar-refractivity contribution in [2.45, 2.75) is 20.4 Å². The number of halogens is 1. The highest BCUT2D eigenvalue weighted by Crippen LogP contribution is 2.18. The molecule has 0 bridgehead atoms. The highest BCUT2D eigenvalue weighted by atomic mass is 19.1. The van der Waals surface area contributed by atoms with Crippen LogP contribution >= 0.6 is 0 Å². The summed E-state index contributed by atoms with van der Waals surface area (Å²) in [6.07, 6.45) is 1.35. The van der Waals surface area contributed by atoms with Gasteiger partial charge in [-0.1, -0.05) is 18.2 Å². The quantitative estimate of drug-likeness (QED) is 0.732. The maximum atomic E-state index is 12.9. The lowest BCUT2D eigenvalue weighted by molar-refractivity contribution is 0.0946. The molecule has 0 saturated carbocycles. The highest BCUT2D eigenvalue weighted by molar-refractivity contribution is 5.92. The average Bonchev–Trinajstić information content (AvgIpc) is 2.60. The standard InChI is InChI=1S/C20H19FN4O/c1-13-7-14(2)9-17(8-13)25-19-10-18(23-12-24-19)20(26)22-11-15-3-5-16(21)6-4-15/h3-10,12H,11H2,1-2H3,(H,22,26)(H,23,24,25). The molecule has 26 heavy (non-hydrogen) atoms. The van der Waals surface area contributed by atoms with E-state index >= 15 is 0 Å². The van der Waals surface area contributed by atoms with E-state index in [1.54, 1.807) is 18.2 Å². The Bertz CT molecular complexity index is 905. The number of nitrogens with zero attached hydrogens (tertiary/aromatic N) is 2. The van der Waals surface area contributed by atoms with Crippen LogP contribution in [0.15, 0.2) is 54.9 Å². The molecule has 132 valence electrons. The largest absolute Gasteiger partial charge is 0.347 e. The number of carbonyl (C=O) groups is 1. The van der Waals surface area contributed by atoms with Gasteiger partial charge in [-0.3, -0.25) is 4.79 Å². The summed E-state index contributed by atoms with van der Waals surface area (Å²) < 4.78 is 12.9. The van der Waals surface area contributed by atoms with E-state index in [0.717, 1.165) is 22.4 Å². The molecule has 6 heteroatoms. The predicted octanol–water partition coefficient (Wildman–Crippen LogP) is 3.91. The molecule has 2 N–H and O–H groups in total. The van der Waals surface area contributed by atoms with Crippen LogP contribution in [0.4, 0.5) is 15.9 Å². The second kappa shape index (κ2) is 7.74. The van der Waals surface area contributed by atoms with Crippen molar-refractivity contribution in [3.8, 4) is 0 Å². The average molecular weight is 350 g/mol. The molecule has 0 aliphatic carbocycles. The molecule has 0 saturated heterocycles. The SMILES string of the molecule is Cc1cc(C)cc(Nc2cc(C(=O)NCc3ccc(F)cc3)ncn2)c1. The van der Waals surface area contributed by atoms with E-state index in [2.05, 4.69) is 26.7 Å². The summed E-state index contributed by atoms with van der Waals surface area (Å²) in [6.45, 7) is 4.34. The first-order valence-corrected chi connectivity index (χ1v) is 8.19. The number of anilines is 2. The van der Waals surface area contributed by atoms with Crippen LogP contribution in [-0.4, -0.2) is 15.9 Å². The van der Waals surface area contributed by atoms with Gasteiger partial charge in [0.05, 0.1) is 0 Å². The number of aromatic nitrogens is 2. The van der Waals surface area contributed by atoms with Crippen molar-refractivity contribution in [2.24, 2.45) is 0 Å². The van der Waals surface area contributed by atoms with Gasteiger partial charge in [0, 0.05) is 18.3 Å². The molecule has 0 atom stereocenters. The van der Waals surface area contributed by atoms with Crippen molar-refractivity contribution in [3.05, 3.63) is 83.1 Å². The number of hydrogen-bond acceptors (Lipinski definition) is 4.